The van der Waals surface area contributed by atoms with Crippen molar-refractivity contribution in [2.45, 2.75) is 11.3 Å². The Balaban J connectivity index is 1.72. The molecule has 1 aromatic heterocycles. The number of hydrogen-bond acceptors (Lipinski definition) is 5. The Hall–Kier alpha value is -2.02. The van der Waals surface area contributed by atoms with Crippen LogP contribution in [0.2, 0.25) is 5.02 Å². The molecular weight excluding hydrogens is 358 g/mol. The first kappa shape index (κ1) is 17.8. The third kappa shape index (κ3) is 3.98. The van der Waals surface area contributed by atoms with Gasteiger partial charge in [0.25, 0.3) is 0 Å². The number of nitrogens with zero attached hydrogens (tertiary/aromatic N) is 3. The second-order valence-corrected chi connectivity index (χ2v) is 6.84. The Morgan fingerprint density at radius 3 is 2.56 bits per heavy atom. The lowest BCUT2D eigenvalue weighted by Gasteiger charge is -2.12. The van der Waals surface area contributed by atoms with Crippen molar-refractivity contribution < 1.29 is 9.84 Å². The zero-order valence-electron chi connectivity index (χ0n) is 13.9. The fraction of sp³-hybridized carbons (Fsp3) is 0.222. The summed E-state index contributed by atoms with van der Waals surface area (Å²) in [6, 6.07) is 15.0. The third-order valence-corrected chi connectivity index (χ3v) is 5.26. The summed E-state index contributed by atoms with van der Waals surface area (Å²) in [6.45, 7) is 0. The maximum atomic E-state index is 10.4. The molecule has 1 unspecified atom stereocenters. The molecule has 1 heterocycles. The van der Waals surface area contributed by atoms with E-state index in [1.807, 2.05) is 54.1 Å². The van der Waals surface area contributed by atoms with Gasteiger partial charge in [-0.3, -0.25) is 0 Å². The van der Waals surface area contributed by atoms with Gasteiger partial charge in [-0.1, -0.05) is 41.6 Å². The molecule has 25 heavy (non-hydrogen) atoms. The Morgan fingerprint density at radius 2 is 1.88 bits per heavy atom. The van der Waals surface area contributed by atoms with Gasteiger partial charge in [0.05, 0.1) is 13.2 Å². The van der Waals surface area contributed by atoms with Gasteiger partial charge in [-0.05, 0) is 35.9 Å². The maximum absolute atomic E-state index is 10.4. The summed E-state index contributed by atoms with van der Waals surface area (Å²) in [6.07, 6.45) is -0.667. The Labute approximate surface area is 155 Å². The minimum atomic E-state index is -0.667. The number of ether oxygens (including phenoxy) is 1. The monoisotopic (exact) mass is 375 g/mol. The van der Waals surface area contributed by atoms with Crippen molar-refractivity contribution >= 4 is 23.4 Å². The molecule has 0 aliphatic heterocycles. The number of benzene rings is 2. The molecule has 5 nitrogen and oxygen atoms in total. The van der Waals surface area contributed by atoms with Crippen LogP contribution in [-0.2, 0) is 7.05 Å². The Kier molecular flexibility index (Phi) is 5.63. The number of aromatic nitrogens is 3. The molecule has 0 amide bonds. The number of methoxy groups -OCH3 is 1. The van der Waals surface area contributed by atoms with Gasteiger partial charge in [0, 0.05) is 23.4 Å². The van der Waals surface area contributed by atoms with Gasteiger partial charge in [-0.2, -0.15) is 0 Å². The Morgan fingerprint density at radius 1 is 1.16 bits per heavy atom. The average Bonchev–Trinajstić information content (AvgIpc) is 3.01. The molecule has 0 aliphatic carbocycles. The lowest BCUT2D eigenvalue weighted by molar-refractivity contribution is 0.204. The SMILES string of the molecule is COc1ccc(-c2nnc(SCC(O)c3ccccc3Cl)n2C)cc1. The average molecular weight is 376 g/mol. The fourth-order valence-corrected chi connectivity index (χ4v) is 3.55. The minimum Gasteiger partial charge on any atom is -0.497 e. The molecule has 2 aromatic carbocycles. The van der Waals surface area contributed by atoms with E-state index in [-0.39, 0.29) is 0 Å². The van der Waals surface area contributed by atoms with E-state index in [9.17, 15) is 5.11 Å². The van der Waals surface area contributed by atoms with Crippen LogP contribution in [0.4, 0.5) is 0 Å². The van der Waals surface area contributed by atoms with Crippen molar-refractivity contribution in [3.8, 4) is 17.1 Å². The van der Waals surface area contributed by atoms with Gasteiger partial charge in [-0.25, -0.2) is 0 Å². The zero-order valence-corrected chi connectivity index (χ0v) is 15.5. The Bertz CT molecular complexity index is 852. The summed E-state index contributed by atoms with van der Waals surface area (Å²) in [7, 11) is 3.54. The van der Waals surface area contributed by atoms with Gasteiger partial charge < -0.3 is 14.4 Å². The van der Waals surface area contributed by atoms with Crippen LogP contribution < -0.4 is 4.74 Å². The molecule has 0 aliphatic rings. The highest BCUT2D eigenvalue weighted by Crippen LogP contribution is 2.29. The molecule has 0 saturated heterocycles. The molecule has 130 valence electrons. The molecule has 0 saturated carbocycles. The van der Waals surface area contributed by atoms with E-state index in [0.29, 0.717) is 16.3 Å². The highest BCUT2D eigenvalue weighted by molar-refractivity contribution is 7.99. The summed E-state index contributed by atoms with van der Waals surface area (Å²) < 4.78 is 7.08. The van der Waals surface area contributed by atoms with E-state index < -0.39 is 6.10 Å². The predicted molar refractivity (Wildman–Crippen MR) is 100 cm³/mol. The lowest BCUT2D eigenvalue weighted by atomic mass is 10.1. The molecule has 7 heteroatoms. The van der Waals surface area contributed by atoms with Gasteiger partial charge in [-0.15, -0.1) is 10.2 Å². The maximum Gasteiger partial charge on any atom is 0.191 e. The molecule has 0 bridgehead atoms. The summed E-state index contributed by atoms with van der Waals surface area (Å²) in [5.74, 6) is 2.00. The molecule has 3 rings (SSSR count). The first-order valence-electron chi connectivity index (χ1n) is 7.69. The van der Waals surface area contributed by atoms with Gasteiger partial charge in [0.2, 0.25) is 0 Å². The second-order valence-electron chi connectivity index (χ2n) is 5.44. The van der Waals surface area contributed by atoms with E-state index >= 15 is 0 Å². The van der Waals surface area contributed by atoms with Gasteiger partial charge in [0.15, 0.2) is 11.0 Å². The van der Waals surface area contributed by atoms with Crippen LogP contribution in [0.3, 0.4) is 0 Å². The van der Waals surface area contributed by atoms with E-state index in [4.69, 9.17) is 16.3 Å². The van der Waals surface area contributed by atoms with Crippen molar-refractivity contribution in [2.24, 2.45) is 7.05 Å². The largest absolute Gasteiger partial charge is 0.497 e. The summed E-state index contributed by atoms with van der Waals surface area (Å²) >= 11 is 7.57. The van der Waals surface area contributed by atoms with Crippen molar-refractivity contribution in [3.63, 3.8) is 0 Å². The lowest BCUT2D eigenvalue weighted by Crippen LogP contribution is -2.03. The van der Waals surface area contributed by atoms with E-state index in [0.717, 1.165) is 22.3 Å². The van der Waals surface area contributed by atoms with Gasteiger partial charge in [0.1, 0.15) is 5.75 Å². The topological polar surface area (TPSA) is 60.2 Å². The van der Waals surface area contributed by atoms with Crippen molar-refractivity contribution in [1.29, 1.82) is 0 Å². The molecule has 1 atom stereocenters. The van der Waals surface area contributed by atoms with Crippen molar-refractivity contribution in [3.05, 3.63) is 59.1 Å². The summed E-state index contributed by atoms with van der Waals surface area (Å²) in [5, 5.41) is 20.1. The first-order chi connectivity index (χ1) is 12.1. The van der Waals surface area contributed by atoms with Crippen LogP contribution in [0.1, 0.15) is 11.7 Å². The third-order valence-electron chi connectivity index (χ3n) is 3.82. The highest BCUT2D eigenvalue weighted by Gasteiger charge is 2.16. The molecule has 0 spiro atoms. The summed E-state index contributed by atoms with van der Waals surface area (Å²) in [4.78, 5) is 0. The summed E-state index contributed by atoms with van der Waals surface area (Å²) in [5.41, 5.74) is 1.67. The van der Waals surface area contributed by atoms with Crippen LogP contribution in [0.15, 0.2) is 53.7 Å². The van der Waals surface area contributed by atoms with E-state index in [1.165, 1.54) is 11.8 Å². The predicted octanol–water partition coefficient (Wildman–Crippen LogP) is 3.97. The van der Waals surface area contributed by atoms with Crippen LogP contribution in [-0.4, -0.2) is 32.7 Å². The number of halogens is 1. The van der Waals surface area contributed by atoms with Crippen molar-refractivity contribution in [1.82, 2.24) is 14.8 Å². The highest BCUT2D eigenvalue weighted by atomic mass is 35.5. The molecular formula is C18H18ClN3O2S. The van der Waals surface area contributed by atoms with E-state index in [1.54, 1.807) is 13.2 Å². The number of rotatable bonds is 6. The van der Waals surface area contributed by atoms with Crippen LogP contribution >= 0.6 is 23.4 Å². The first-order valence-corrected chi connectivity index (χ1v) is 9.05. The van der Waals surface area contributed by atoms with E-state index in [2.05, 4.69) is 10.2 Å². The fourth-order valence-electron chi connectivity index (χ4n) is 2.42. The molecule has 0 fully saturated rings. The van der Waals surface area contributed by atoms with Crippen LogP contribution in [0.5, 0.6) is 5.75 Å². The molecule has 0 radical (unpaired) electrons. The smallest absolute Gasteiger partial charge is 0.191 e. The van der Waals surface area contributed by atoms with Crippen LogP contribution in [0.25, 0.3) is 11.4 Å². The second kappa shape index (κ2) is 7.91. The number of hydrogen-bond donors (Lipinski definition) is 1. The molecule has 1 N–H and O–H groups in total. The zero-order chi connectivity index (χ0) is 17.8. The number of aliphatic hydroxyl groups excluding tert-OH is 1. The minimum absolute atomic E-state index is 0.443. The van der Waals surface area contributed by atoms with Crippen molar-refractivity contribution in [2.75, 3.05) is 12.9 Å². The quantitative estimate of drug-likeness (QED) is 0.660. The molecule has 3 aromatic rings. The van der Waals surface area contributed by atoms with Crippen LogP contribution in [0, 0.1) is 0 Å². The standard InChI is InChI=1S/C18H18ClN3O2S/c1-22-17(12-7-9-13(24-2)10-8-12)20-21-18(22)25-11-16(23)14-5-3-4-6-15(14)19/h3-10,16,23H,11H2,1-2H3. The number of aliphatic hydroxyl groups is 1. The number of thioether (sulfide) groups is 1. The van der Waals surface area contributed by atoms with Gasteiger partial charge >= 0.3 is 0 Å². The normalized spacial score (nSPS) is 12.2.